The van der Waals surface area contributed by atoms with Crippen molar-refractivity contribution in [3.8, 4) is 23.0 Å². The first-order valence-electron chi connectivity index (χ1n) is 10.3. The first kappa shape index (κ1) is 19.7. The Morgan fingerprint density at radius 2 is 1.87 bits per heavy atom. The Balaban J connectivity index is 1.55. The van der Waals surface area contributed by atoms with Crippen LogP contribution in [0.5, 0.6) is 11.8 Å². The van der Waals surface area contributed by atoms with Gasteiger partial charge in [0, 0.05) is 35.8 Å². The first-order valence-corrected chi connectivity index (χ1v) is 10.7. The Hall–Kier alpha value is -3.24. The number of aryl methyl sites for hydroxylation is 2. The number of halogens is 1. The normalized spacial score (nSPS) is 11.7. The van der Waals surface area contributed by atoms with Crippen molar-refractivity contribution in [3.63, 3.8) is 0 Å². The lowest BCUT2D eigenvalue weighted by atomic mass is 9.98. The summed E-state index contributed by atoms with van der Waals surface area (Å²) in [5.74, 6) is 1.12. The van der Waals surface area contributed by atoms with Crippen LogP contribution in [0.25, 0.3) is 33.1 Å². The van der Waals surface area contributed by atoms with Crippen molar-refractivity contribution in [2.45, 2.75) is 26.7 Å². The van der Waals surface area contributed by atoms with Crippen LogP contribution in [-0.2, 0) is 7.05 Å². The molecule has 0 saturated carbocycles. The molecular formula is C26H23ClN2O2. The third-order valence-corrected chi connectivity index (χ3v) is 6.07. The van der Waals surface area contributed by atoms with Gasteiger partial charge in [-0.3, -0.25) is 0 Å². The number of hydrogen-bond donors (Lipinski definition) is 0. The zero-order valence-corrected chi connectivity index (χ0v) is 18.7. The van der Waals surface area contributed by atoms with Crippen LogP contribution in [0.2, 0.25) is 5.02 Å². The maximum Gasteiger partial charge on any atom is 0.400 e. The number of aromatic nitrogens is 2. The minimum atomic E-state index is 0.208. The molecule has 2 aromatic heterocycles. The highest BCUT2D eigenvalue weighted by atomic mass is 35.5. The lowest BCUT2D eigenvalue weighted by molar-refractivity contribution is 0.342. The monoisotopic (exact) mass is 430 g/mol. The molecule has 0 amide bonds. The maximum atomic E-state index is 6.65. The van der Waals surface area contributed by atoms with Crippen molar-refractivity contribution < 1.29 is 9.15 Å². The van der Waals surface area contributed by atoms with E-state index in [1.165, 1.54) is 11.1 Å². The topological polar surface area (TPSA) is 40.2 Å². The summed E-state index contributed by atoms with van der Waals surface area (Å²) in [5.41, 5.74) is 6.93. The van der Waals surface area contributed by atoms with E-state index in [1.807, 2.05) is 37.4 Å². The number of oxazole rings is 1. The predicted molar refractivity (Wildman–Crippen MR) is 126 cm³/mol. The average Bonchev–Trinajstić information content (AvgIpc) is 3.31. The van der Waals surface area contributed by atoms with E-state index in [0.717, 1.165) is 22.0 Å². The SMILES string of the molecule is Cc1ccc(Oc2nc3cc(-c4cccc5c4ccn5C)c(Cl)cc3o2)cc1C(C)C. The van der Waals surface area contributed by atoms with Crippen LogP contribution in [0.15, 0.2) is 65.2 Å². The Morgan fingerprint density at radius 1 is 1.03 bits per heavy atom. The van der Waals surface area contributed by atoms with E-state index in [0.29, 0.717) is 27.8 Å². The molecule has 2 heterocycles. The summed E-state index contributed by atoms with van der Waals surface area (Å²) in [5, 5.41) is 1.76. The molecule has 5 heteroatoms. The number of hydrogen-bond acceptors (Lipinski definition) is 3. The van der Waals surface area contributed by atoms with Gasteiger partial charge in [0.1, 0.15) is 11.3 Å². The van der Waals surface area contributed by atoms with Crippen LogP contribution >= 0.6 is 11.6 Å². The minimum absolute atomic E-state index is 0.208. The highest BCUT2D eigenvalue weighted by Gasteiger charge is 2.16. The van der Waals surface area contributed by atoms with Crippen LogP contribution in [0, 0.1) is 6.92 Å². The molecule has 3 aromatic carbocycles. The van der Waals surface area contributed by atoms with Crippen LogP contribution in [-0.4, -0.2) is 9.55 Å². The van der Waals surface area contributed by atoms with Gasteiger partial charge in [0.05, 0.1) is 5.02 Å². The number of ether oxygens (including phenoxy) is 1. The van der Waals surface area contributed by atoms with Gasteiger partial charge in [-0.15, -0.1) is 0 Å². The molecule has 4 nitrogen and oxygen atoms in total. The van der Waals surface area contributed by atoms with Crippen molar-refractivity contribution in [2.24, 2.45) is 7.05 Å². The molecule has 0 atom stereocenters. The second-order valence-electron chi connectivity index (χ2n) is 8.22. The Labute approximate surface area is 186 Å². The molecule has 0 fully saturated rings. The van der Waals surface area contributed by atoms with E-state index < -0.39 is 0 Å². The molecule has 0 aliphatic heterocycles. The summed E-state index contributed by atoms with van der Waals surface area (Å²) in [4.78, 5) is 4.56. The molecule has 0 unspecified atom stereocenters. The van der Waals surface area contributed by atoms with Crippen LogP contribution in [0.1, 0.15) is 30.9 Å². The third-order valence-electron chi connectivity index (χ3n) is 5.75. The first-order chi connectivity index (χ1) is 14.9. The van der Waals surface area contributed by atoms with Gasteiger partial charge in [-0.1, -0.05) is 43.6 Å². The second kappa shape index (κ2) is 7.47. The van der Waals surface area contributed by atoms with Crippen LogP contribution < -0.4 is 4.74 Å². The number of fused-ring (bicyclic) bond motifs is 2. The van der Waals surface area contributed by atoms with Gasteiger partial charge >= 0.3 is 6.08 Å². The van der Waals surface area contributed by atoms with Gasteiger partial charge in [0.25, 0.3) is 0 Å². The van der Waals surface area contributed by atoms with Gasteiger partial charge in [0.15, 0.2) is 5.58 Å². The van der Waals surface area contributed by atoms with E-state index in [1.54, 1.807) is 0 Å². The lowest BCUT2D eigenvalue weighted by Gasteiger charge is -2.11. The van der Waals surface area contributed by atoms with E-state index in [9.17, 15) is 0 Å². The molecule has 156 valence electrons. The molecule has 0 aliphatic rings. The predicted octanol–water partition coefficient (Wildman–Crippen LogP) is 7.86. The van der Waals surface area contributed by atoms with Crippen molar-refractivity contribution in [1.82, 2.24) is 9.55 Å². The zero-order chi connectivity index (χ0) is 21.7. The quantitative estimate of drug-likeness (QED) is 0.291. The number of nitrogens with zero attached hydrogens (tertiary/aromatic N) is 2. The third kappa shape index (κ3) is 3.47. The summed E-state index contributed by atoms with van der Waals surface area (Å²) >= 11 is 6.65. The highest BCUT2D eigenvalue weighted by Crippen LogP contribution is 2.38. The van der Waals surface area contributed by atoms with Crippen molar-refractivity contribution in [2.75, 3.05) is 0 Å². The summed E-state index contributed by atoms with van der Waals surface area (Å²) in [6.07, 6.45) is 2.26. The van der Waals surface area contributed by atoms with Gasteiger partial charge in [-0.05, 0) is 59.9 Å². The van der Waals surface area contributed by atoms with Crippen molar-refractivity contribution in [3.05, 3.63) is 76.9 Å². The molecule has 0 radical (unpaired) electrons. The summed E-state index contributed by atoms with van der Waals surface area (Å²) in [6.45, 7) is 6.44. The maximum absolute atomic E-state index is 6.65. The molecule has 0 saturated heterocycles. The molecular weight excluding hydrogens is 408 g/mol. The van der Waals surface area contributed by atoms with Crippen molar-refractivity contribution in [1.29, 1.82) is 0 Å². The minimum Gasteiger partial charge on any atom is -0.411 e. The Kier molecular flexibility index (Phi) is 4.75. The standard InChI is InChI=1S/C26H23ClN2O2/c1-15(2)20-12-17(9-8-16(20)3)30-26-28-23-13-21(22(27)14-25(23)31-26)18-6-5-7-24-19(18)10-11-29(24)4/h5-15H,1-4H3. The van der Waals surface area contributed by atoms with Crippen LogP contribution in [0.4, 0.5) is 0 Å². The fraction of sp³-hybridized carbons (Fsp3) is 0.192. The fourth-order valence-corrected chi connectivity index (χ4v) is 4.38. The highest BCUT2D eigenvalue weighted by molar-refractivity contribution is 6.34. The molecule has 5 rings (SSSR count). The molecule has 0 N–H and O–H groups in total. The number of benzene rings is 3. The van der Waals surface area contributed by atoms with E-state index in [2.05, 4.69) is 60.8 Å². The Bertz CT molecular complexity index is 1430. The molecule has 0 bridgehead atoms. The molecule has 0 aliphatic carbocycles. The Morgan fingerprint density at radius 3 is 2.68 bits per heavy atom. The van der Waals surface area contributed by atoms with Crippen LogP contribution in [0.3, 0.4) is 0 Å². The molecule has 31 heavy (non-hydrogen) atoms. The fourth-order valence-electron chi connectivity index (χ4n) is 4.12. The summed E-state index contributed by atoms with van der Waals surface area (Å²) in [6, 6.07) is 18.1. The van der Waals surface area contributed by atoms with E-state index >= 15 is 0 Å². The lowest BCUT2D eigenvalue weighted by Crippen LogP contribution is -1.93. The molecule has 0 spiro atoms. The van der Waals surface area contributed by atoms with Gasteiger partial charge < -0.3 is 13.7 Å². The smallest absolute Gasteiger partial charge is 0.400 e. The van der Waals surface area contributed by atoms with Gasteiger partial charge in [0.2, 0.25) is 0 Å². The van der Waals surface area contributed by atoms with E-state index in [-0.39, 0.29) is 6.08 Å². The summed E-state index contributed by atoms with van der Waals surface area (Å²) in [7, 11) is 2.04. The average molecular weight is 431 g/mol. The number of rotatable bonds is 4. The second-order valence-corrected chi connectivity index (χ2v) is 8.63. The van der Waals surface area contributed by atoms with Crippen molar-refractivity contribution >= 4 is 33.6 Å². The van der Waals surface area contributed by atoms with Gasteiger partial charge in [-0.25, -0.2) is 0 Å². The largest absolute Gasteiger partial charge is 0.411 e. The van der Waals surface area contributed by atoms with E-state index in [4.69, 9.17) is 20.8 Å². The molecule has 5 aromatic rings. The summed E-state index contributed by atoms with van der Waals surface area (Å²) < 4.78 is 13.9. The zero-order valence-electron chi connectivity index (χ0n) is 17.9. The van der Waals surface area contributed by atoms with Gasteiger partial charge in [-0.2, -0.15) is 4.98 Å².